The second-order valence-electron chi connectivity index (χ2n) is 8.92. The highest BCUT2D eigenvalue weighted by atomic mass is 32.1. The Kier molecular flexibility index (Phi) is 4.96. The van der Waals surface area contributed by atoms with Gasteiger partial charge in [0, 0.05) is 42.5 Å². The summed E-state index contributed by atoms with van der Waals surface area (Å²) in [5.41, 5.74) is 2.44. The molecule has 30 heavy (non-hydrogen) atoms. The summed E-state index contributed by atoms with van der Waals surface area (Å²) in [5.74, 6) is 1.12. The summed E-state index contributed by atoms with van der Waals surface area (Å²) < 4.78 is 0. The van der Waals surface area contributed by atoms with Crippen LogP contribution >= 0.6 is 11.3 Å². The molecule has 0 aliphatic carbocycles. The molecule has 5 nitrogen and oxygen atoms in total. The molecular formula is C24H27N5S. The minimum Gasteiger partial charge on any atom is -0.355 e. The third kappa shape index (κ3) is 3.46. The molecule has 154 valence electrons. The lowest BCUT2D eigenvalue weighted by atomic mass is 9.78. The summed E-state index contributed by atoms with van der Waals surface area (Å²) in [6.45, 7) is 9.03. The zero-order valence-corrected chi connectivity index (χ0v) is 18.5. The minimum atomic E-state index is 0.403. The number of rotatable bonds is 5. The predicted molar refractivity (Wildman–Crippen MR) is 122 cm³/mol. The maximum absolute atomic E-state index is 8.97. The molecule has 4 heterocycles. The number of nitriles is 1. The monoisotopic (exact) mass is 417 g/mol. The van der Waals surface area contributed by atoms with Crippen molar-refractivity contribution >= 4 is 27.4 Å². The number of anilines is 1. The molecule has 0 saturated carbocycles. The molecule has 0 bridgehead atoms. The summed E-state index contributed by atoms with van der Waals surface area (Å²) in [6, 6.07) is 13.0. The van der Waals surface area contributed by atoms with E-state index in [1.54, 1.807) is 17.7 Å². The Morgan fingerprint density at radius 1 is 1.20 bits per heavy atom. The molecule has 1 unspecified atom stereocenters. The van der Waals surface area contributed by atoms with E-state index in [9.17, 15) is 0 Å². The van der Waals surface area contributed by atoms with E-state index < -0.39 is 0 Å². The third-order valence-electron chi connectivity index (χ3n) is 6.76. The van der Waals surface area contributed by atoms with Gasteiger partial charge in [0.2, 0.25) is 0 Å². The topological polar surface area (TPSA) is 56.0 Å². The molecule has 2 aliphatic heterocycles. The first-order valence-electron chi connectivity index (χ1n) is 10.8. The van der Waals surface area contributed by atoms with E-state index in [1.165, 1.54) is 35.3 Å². The van der Waals surface area contributed by atoms with Crippen molar-refractivity contribution in [3.05, 3.63) is 52.7 Å². The Morgan fingerprint density at radius 2 is 2.00 bits per heavy atom. The molecule has 1 atom stereocenters. The number of aryl methyl sites for hydroxylation is 1. The van der Waals surface area contributed by atoms with Gasteiger partial charge in [0.15, 0.2) is 0 Å². The van der Waals surface area contributed by atoms with Gasteiger partial charge in [-0.3, -0.25) is 4.90 Å². The fraction of sp³-hybridized carbons (Fsp3) is 0.458. The average molecular weight is 418 g/mol. The Bertz CT molecular complexity index is 1090. The lowest BCUT2D eigenvalue weighted by Gasteiger charge is -2.51. The first-order valence-corrected chi connectivity index (χ1v) is 11.6. The van der Waals surface area contributed by atoms with Crippen LogP contribution in [0.2, 0.25) is 0 Å². The lowest BCUT2D eigenvalue weighted by molar-refractivity contribution is -0.0109. The second kappa shape index (κ2) is 7.64. The van der Waals surface area contributed by atoms with Gasteiger partial charge >= 0.3 is 0 Å². The van der Waals surface area contributed by atoms with Crippen LogP contribution in [0.3, 0.4) is 0 Å². The van der Waals surface area contributed by atoms with Gasteiger partial charge < -0.3 is 4.90 Å². The maximum atomic E-state index is 8.97. The van der Waals surface area contributed by atoms with Crippen molar-refractivity contribution in [2.24, 2.45) is 5.41 Å². The number of nitrogens with zero attached hydrogens (tertiary/aromatic N) is 5. The molecule has 1 aromatic carbocycles. The molecule has 3 aromatic rings. The van der Waals surface area contributed by atoms with E-state index in [4.69, 9.17) is 5.26 Å². The summed E-state index contributed by atoms with van der Waals surface area (Å²) in [7, 11) is 0. The number of hydrogen-bond donors (Lipinski definition) is 0. The molecule has 5 rings (SSSR count). The summed E-state index contributed by atoms with van der Waals surface area (Å²) >= 11 is 1.79. The Morgan fingerprint density at radius 3 is 2.73 bits per heavy atom. The van der Waals surface area contributed by atoms with Gasteiger partial charge in [-0.25, -0.2) is 9.97 Å². The van der Waals surface area contributed by atoms with Gasteiger partial charge in [0.05, 0.1) is 17.0 Å². The number of thiophene rings is 1. The number of likely N-dealkylation sites (tertiary alicyclic amines) is 1. The van der Waals surface area contributed by atoms with Crippen molar-refractivity contribution in [2.45, 2.75) is 39.2 Å². The Labute approximate surface area is 182 Å². The first-order chi connectivity index (χ1) is 14.6. The Hall–Kier alpha value is -2.49. The number of aromatic nitrogens is 2. The maximum Gasteiger partial charge on any atom is 0.140 e. The van der Waals surface area contributed by atoms with Gasteiger partial charge in [-0.1, -0.05) is 19.1 Å². The van der Waals surface area contributed by atoms with Crippen molar-refractivity contribution in [3.63, 3.8) is 0 Å². The van der Waals surface area contributed by atoms with Gasteiger partial charge in [-0.05, 0) is 49.9 Å². The molecular weight excluding hydrogens is 390 g/mol. The zero-order chi connectivity index (χ0) is 20.7. The van der Waals surface area contributed by atoms with Gasteiger partial charge in [0.1, 0.15) is 17.0 Å². The lowest BCUT2D eigenvalue weighted by Crippen LogP contribution is -2.60. The summed E-state index contributed by atoms with van der Waals surface area (Å²) in [5, 5.41) is 10.2. The zero-order valence-electron chi connectivity index (χ0n) is 17.6. The van der Waals surface area contributed by atoms with E-state index in [2.05, 4.69) is 57.9 Å². The highest BCUT2D eigenvalue weighted by Gasteiger charge is 2.49. The normalized spacial score (nSPS) is 19.2. The fourth-order valence-corrected chi connectivity index (χ4v) is 5.94. The molecule has 2 aliphatic rings. The molecule has 0 amide bonds. The fourth-order valence-electron chi connectivity index (χ4n) is 5.01. The third-order valence-corrected chi connectivity index (χ3v) is 7.95. The van der Waals surface area contributed by atoms with Crippen LogP contribution in [0.1, 0.15) is 36.3 Å². The van der Waals surface area contributed by atoms with Crippen molar-refractivity contribution < 1.29 is 0 Å². The van der Waals surface area contributed by atoms with Crippen LogP contribution in [0.15, 0.2) is 36.7 Å². The van der Waals surface area contributed by atoms with E-state index in [0.29, 0.717) is 11.5 Å². The van der Waals surface area contributed by atoms with Gasteiger partial charge in [0.25, 0.3) is 0 Å². The van der Waals surface area contributed by atoms with Gasteiger partial charge in [-0.15, -0.1) is 11.3 Å². The average Bonchev–Trinajstić information content (AvgIpc) is 3.37. The van der Waals surface area contributed by atoms with E-state index in [1.807, 2.05) is 12.1 Å². The first kappa shape index (κ1) is 19.5. The van der Waals surface area contributed by atoms with Gasteiger partial charge in [-0.2, -0.15) is 5.26 Å². The van der Waals surface area contributed by atoms with Crippen LogP contribution in [-0.2, 0) is 12.8 Å². The Balaban J connectivity index is 1.23. The van der Waals surface area contributed by atoms with Crippen molar-refractivity contribution in [2.75, 3.05) is 31.1 Å². The van der Waals surface area contributed by atoms with Crippen LogP contribution < -0.4 is 4.90 Å². The smallest absolute Gasteiger partial charge is 0.140 e. The second-order valence-corrected chi connectivity index (χ2v) is 10.0. The molecule has 0 N–H and O–H groups in total. The van der Waals surface area contributed by atoms with Crippen LogP contribution in [0.25, 0.3) is 10.2 Å². The minimum absolute atomic E-state index is 0.403. The number of benzene rings is 1. The largest absolute Gasteiger partial charge is 0.355 e. The summed E-state index contributed by atoms with van der Waals surface area (Å²) in [4.78, 5) is 16.8. The SMILES string of the molecule is CCc1cc2c(N3CCC4(C3)CN(C(C)Cc3ccc(C#N)cc3)C4)ncnc2s1. The predicted octanol–water partition coefficient (Wildman–Crippen LogP) is 4.27. The van der Waals surface area contributed by atoms with Crippen molar-refractivity contribution in [3.8, 4) is 6.07 Å². The van der Waals surface area contributed by atoms with E-state index in [-0.39, 0.29) is 0 Å². The molecule has 2 fully saturated rings. The van der Waals surface area contributed by atoms with Crippen LogP contribution in [0.4, 0.5) is 5.82 Å². The number of hydrogen-bond acceptors (Lipinski definition) is 6. The van der Waals surface area contributed by atoms with Crippen LogP contribution in [0.5, 0.6) is 0 Å². The van der Waals surface area contributed by atoms with Crippen molar-refractivity contribution in [1.82, 2.24) is 14.9 Å². The highest BCUT2D eigenvalue weighted by Crippen LogP contribution is 2.43. The summed E-state index contributed by atoms with van der Waals surface area (Å²) in [6.07, 6.45) is 5.05. The molecule has 0 radical (unpaired) electrons. The van der Waals surface area contributed by atoms with E-state index >= 15 is 0 Å². The van der Waals surface area contributed by atoms with Crippen LogP contribution in [0, 0.1) is 16.7 Å². The molecule has 2 saturated heterocycles. The standard InChI is InChI=1S/C24H27N5S/c1-3-20-11-21-22(26-16-27-23(21)30-20)28-9-8-24(13-28)14-29(15-24)17(2)10-18-4-6-19(12-25)7-5-18/h4-7,11,16-17H,3,8-10,13-15H2,1-2H3. The molecule has 1 spiro atoms. The quantitative estimate of drug-likeness (QED) is 0.621. The molecule has 2 aromatic heterocycles. The highest BCUT2D eigenvalue weighted by molar-refractivity contribution is 7.18. The van der Waals surface area contributed by atoms with E-state index in [0.717, 1.165) is 42.1 Å². The number of fused-ring (bicyclic) bond motifs is 1. The van der Waals surface area contributed by atoms with Crippen molar-refractivity contribution in [1.29, 1.82) is 5.26 Å². The molecule has 6 heteroatoms. The van der Waals surface area contributed by atoms with Crippen LogP contribution in [-0.4, -0.2) is 47.1 Å².